The molecule has 22 heavy (non-hydrogen) atoms. The molecule has 1 aromatic heterocycles. The van der Waals surface area contributed by atoms with Crippen molar-refractivity contribution >= 4 is 5.69 Å². The molecule has 0 N–H and O–H groups in total. The van der Waals surface area contributed by atoms with E-state index < -0.39 is 11.7 Å². The first-order chi connectivity index (χ1) is 10.4. The first kappa shape index (κ1) is 14.8. The topological polar surface area (TPSA) is 29.0 Å². The highest BCUT2D eigenvalue weighted by atomic mass is 19.4. The van der Waals surface area contributed by atoms with E-state index in [1.54, 1.807) is 24.5 Å². The number of rotatable bonds is 2. The van der Waals surface area contributed by atoms with Crippen LogP contribution in [-0.4, -0.2) is 16.5 Å². The fourth-order valence-corrected chi connectivity index (χ4v) is 2.98. The van der Waals surface area contributed by atoms with Crippen LogP contribution in [0.5, 0.6) is 0 Å². The van der Waals surface area contributed by atoms with Crippen molar-refractivity contribution in [1.82, 2.24) is 9.97 Å². The minimum absolute atomic E-state index is 0.0586. The van der Waals surface area contributed by atoms with Crippen molar-refractivity contribution in [3.8, 4) is 0 Å². The Kier molecular flexibility index (Phi) is 3.76. The highest BCUT2D eigenvalue weighted by Gasteiger charge is 2.33. The lowest BCUT2D eigenvalue weighted by Crippen LogP contribution is -2.23. The van der Waals surface area contributed by atoms with E-state index in [0.717, 1.165) is 36.3 Å². The molecule has 3 rings (SSSR count). The first-order valence-electron chi connectivity index (χ1n) is 7.14. The Morgan fingerprint density at radius 1 is 1.09 bits per heavy atom. The molecule has 0 saturated carbocycles. The third kappa shape index (κ3) is 2.91. The van der Waals surface area contributed by atoms with Gasteiger partial charge in [0.15, 0.2) is 0 Å². The van der Waals surface area contributed by atoms with E-state index in [9.17, 15) is 13.2 Å². The molecular formula is C16H16F3N3. The number of hydrogen-bond donors (Lipinski definition) is 0. The lowest BCUT2D eigenvalue weighted by Gasteiger charge is -2.26. The Bertz CT molecular complexity index is 625. The van der Waals surface area contributed by atoms with E-state index in [1.165, 1.54) is 6.33 Å². The van der Waals surface area contributed by atoms with E-state index in [-0.39, 0.29) is 6.04 Å². The quantitative estimate of drug-likeness (QED) is 0.837. The summed E-state index contributed by atoms with van der Waals surface area (Å²) in [6.45, 7) is 2.99. The SMILES string of the molecule is CC1CC(c2ccc(C(F)(F)F)cc2)N(c2cncnc2)C1. The first-order valence-corrected chi connectivity index (χ1v) is 7.14. The summed E-state index contributed by atoms with van der Waals surface area (Å²) in [5.74, 6) is 0.465. The van der Waals surface area contributed by atoms with E-state index in [2.05, 4.69) is 21.8 Å². The summed E-state index contributed by atoms with van der Waals surface area (Å²) in [5, 5.41) is 0. The van der Waals surface area contributed by atoms with Crippen molar-refractivity contribution < 1.29 is 13.2 Å². The van der Waals surface area contributed by atoms with Crippen LogP contribution in [0, 0.1) is 5.92 Å². The van der Waals surface area contributed by atoms with Crippen LogP contribution in [0.2, 0.25) is 0 Å². The second-order valence-electron chi connectivity index (χ2n) is 5.73. The lowest BCUT2D eigenvalue weighted by molar-refractivity contribution is -0.137. The van der Waals surface area contributed by atoms with Crippen molar-refractivity contribution in [3.63, 3.8) is 0 Å². The lowest BCUT2D eigenvalue weighted by atomic mass is 9.99. The number of hydrogen-bond acceptors (Lipinski definition) is 3. The molecule has 2 aromatic rings. The molecule has 3 nitrogen and oxygen atoms in total. The Balaban J connectivity index is 1.89. The van der Waals surface area contributed by atoms with Gasteiger partial charge in [0.2, 0.25) is 0 Å². The smallest absolute Gasteiger partial charge is 0.362 e. The molecular weight excluding hydrogens is 291 g/mol. The highest BCUT2D eigenvalue weighted by Crippen LogP contribution is 2.39. The fourth-order valence-electron chi connectivity index (χ4n) is 2.98. The Hall–Kier alpha value is -2.11. The largest absolute Gasteiger partial charge is 0.416 e. The molecule has 1 aromatic carbocycles. The van der Waals surface area contributed by atoms with Gasteiger partial charge in [-0.1, -0.05) is 19.1 Å². The fraction of sp³-hybridized carbons (Fsp3) is 0.375. The average molecular weight is 307 g/mol. The number of halogens is 3. The van der Waals surface area contributed by atoms with E-state index in [0.29, 0.717) is 5.92 Å². The van der Waals surface area contributed by atoms with E-state index in [1.807, 2.05) is 0 Å². The average Bonchev–Trinajstić information content (AvgIpc) is 2.89. The summed E-state index contributed by atoms with van der Waals surface area (Å²) >= 11 is 0. The van der Waals surface area contributed by atoms with Crippen LogP contribution in [0.4, 0.5) is 18.9 Å². The molecule has 2 atom stereocenters. The van der Waals surface area contributed by atoms with Gasteiger partial charge in [0.05, 0.1) is 29.7 Å². The maximum absolute atomic E-state index is 12.7. The van der Waals surface area contributed by atoms with Gasteiger partial charge in [-0.3, -0.25) is 0 Å². The maximum Gasteiger partial charge on any atom is 0.416 e. The zero-order valence-corrected chi connectivity index (χ0v) is 12.1. The van der Waals surface area contributed by atoms with Gasteiger partial charge in [-0.2, -0.15) is 13.2 Å². The minimum Gasteiger partial charge on any atom is -0.362 e. The van der Waals surface area contributed by atoms with Gasteiger partial charge >= 0.3 is 6.18 Å². The zero-order chi connectivity index (χ0) is 15.7. The second kappa shape index (κ2) is 5.59. The molecule has 2 unspecified atom stereocenters. The number of nitrogens with zero attached hydrogens (tertiary/aromatic N) is 3. The molecule has 0 amide bonds. The molecule has 116 valence electrons. The minimum atomic E-state index is -4.30. The predicted molar refractivity (Wildman–Crippen MR) is 77.3 cm³/mol. The monoisotopic (exact) mass is 307 g/mol. The highest BCUT2D eigenvalue weighted by molar-refractivity contribution is 5.47. The summed E-state index contributed by atoms with van der Waals surface area (Å²) in [5.41, 5.74) is 1.18. The molecule has 1 aliphatic rings. The van der Waals surface area contributed by atoms with Crippen molar-refractivity contribution in [3.05, 3.63) is 54.1 Å². The maximum atomic E-state index is 12.7. The third-order valence-corrected chi connectivity index (χ3v) is 4.01. The molecule has 2 heterocycles. The number of anilines is 1. The number of aromatic nitrogens is 2. The van der Waals surface area contributed by atoms with Crippen molar-refractivity contribution in [1.29, 1.82) is 0 Å². The molecule has 0 bridgehead atoms. The van der Waals surface area contributed by atoms with Crippen LogP contribution in [0.25, 0.3) is 0 Å². The van der Waals surface area contributed by atoms with Crippen molar-refractivity contribution in [2.45, 2.75) is 25.6 Å². The predicted octanol–water partition coefficient (Wildman–Crippen LogP) is 4.08. The van der Waals surface area contributed by atoms with Crippen LogP contribution in [0.15, 0.2) is 43.0 Å². The van der Waals surface area contributed by atoms with Gasteiger partial charge in [0.1, 0.15) is 6.33 Å². The normalized spacial score (nSPS) is 22.1. The standard InChI is InChI=1S/C16H16F3N3/c1-11-6-15(22(9-11)14-7-20-10-21-8-14)12-2-4-13(5-3-12)16(17,18)19/h2-5,7-8,10-11,15H,6,9H2,1H3. The third-order valence-electron chi connectivity index (χ3n) is 4.01. The number of benzene rings is 1. The van der Waals surface area contributed by atoms with Gasteiger partial charge in [0, 0.05) is 6.54 Å². The summed E-state index contributed by atoms with van der Waals surface area (Å²) in [6, 6.07) is 5.50. The summed E-state index contributed by atoms with van der Waals surface area (Å²) in [4.78, 5) is 10.2. The van der Waals surface area contributed by atoms with Crippen LogP contribution >= 0.6 is 0 Å². The number of alkyl halides is 3. The van der Waals surface area contributed by atoms with Gasteiger partial charge in [-0.05, 0) is 30.0 Å². The zero-order valence-electron chi connectivity index (χ0n) is 12.1. The van der Waals surface area contributed by atoms with Crippen LogP contribution in [0.3, 0.4) is 0 Å². The van der Waals surface area contributed by atoms with Gasteiger partial charge in [-0.25, -0.2) is 9.97 Å². The second-order valence-corrected chi connectivity index (χ2v) is 5.73. The summed E-state index contributed by atoms with van der Waals surface area (Å²) in [7, 11) is 0. The molecule has 0 spiro atoms. The van der Waals surface area contributed by atoms with E-state index in [4.69, 9.17) is 0 Å². The molecule has 1 fully saturated rings. The van der Waals surface area contributed by atoms with Crippen LogP contribution in [-0.2, 0) is 6.18 Å². The Labute approximate surface area is 126 Å². The molecule has 1 aliphatic heterocycles. The summed E-state index contributed by atoms with van der Waals surface area (Å²) in [6.07, 6.45) is 1.55. The Morgan fingerprint density at radius 3 is 2.32 bits per heavy atom. The molecule has 0 aliphatic carbocycles. The Morgan fingerprint density at radius 2 is 1.73 bits per heavy atom. The molecule has 1 saturated heterocycles. The van der Waals surface area contributed by atoms with Gasteiger partial charge in [-0.15, -0.1) is 0 Å². The van der Waals surface area contributed by atoms with Crippen molar-refractivity contribution in [2.24, 2.45) is 5.92 Å². The molecule has 0 radical (unpaired) electrons. The van der Waals surface area contributed by atoms with Crippen LogP contribution < -0.4 is 4.90 Å². The van der Waals surface area contributed by atoms with Gasteiger partial charge < -0.3 is 4.90 Å². The van der Waals surface area contributed by atoms with Crippen LogP contribution in [0.1, 0.15) is 30.5 Å². The molecule has 6 heteroatoms. The van der Waals surface area contributed by atoms with Crippen molar-refractivity contribution in [2.75, 3.05) is 11.4 Å². The van der Waals surface area contributed by atoms with Gasteiger partial charge in [0.25, 0.3) is 0 Å². The van der Waals surface area contributed by atoms with E-state index >= 15 is 0 Å². The summed E-state index contributed by atoms with van der Waals surface area (Å²) < 4.78 is 38.0.